The molecule has 104 valence electrons. The Labute approximate surface area is 111 Å². The van der Waals surface area contributed by atoms with Crippen LogP contribution in [-0.2, 0) is 4.79 Å². The summed E-state index contributed by atoms with van der Waals surface area (Å²) in [5.41, 5.74) is 0.611. The summed E-state index contributed by atoms with van der Waals surface area (Å²) in [5, 5.41) is 3.10. The van der Waals surface area contributed by atoms with Crippen molar-refractivity contribution in [1.82, 2.24) is 10.2 Å². The van der Waals surface area contributed by atoms with Gasteiger partial charge < -0.3 is 10.2 Å². The number of nitrogens with one attached hydrogen (secondary N) is 1. The van der Waals surface area contributed by atoms with Gasteiger partial charge in [-0.05, 0) is 51.1 Å². The van der Waals surface area contributed by atoms with Crippen molar-refractivity contribution in [3.8, 4) is 0 Å². The lowest BCUT2D eigenvalue weighted by Crippen LogP contribution is -2.43. The third-order valence-corrected chi connectivity index (χ3v) is 4.91. The van der Waals surface area contributed by atoms with Gasteiger partial charge >= 0.3 is 0 Å². The van der Waals surface area contributed by atoms with E-state index in [-0.39, 0.29) is 0 Å². The number of carbonyl (C=O) groups excluding carboxylic acids is 1. The lowest BCUT2D eigenvalue weighted by molar-refractivity contribution is -0.134. The Bertz CT molecular complexity index is 262. The zero-order valence-corrected chi connectivity index (χ0v) is 11.8. The maximum Gasteiger partial charge on any atom is 0.222 e. The Hall–Kier alpha value is -0.570. The molecule has 3 nitrogen and oxygen atoms in total. The Morgan fingerprint density at radius 2 is 1.78 bits per heavy atom. The molecule has 3 heteroatoms. The lowest BCUT2D eigenvalue weighted by atomic mass is 9.68. The van der Waals surface area contributed by atoms with Crippen molar-refractivity contribution >= 4 is 5.91 Å². The molecule has 1 spiro atoms. The van der Waals surface area contributed by atoms with E-state index in [0.717, 1.165) is 26.1 Å². The van der Waals surface area contributed by atoms with Gasteiger partial charge in [0.2, 0.25) is 5.91 Å². The van der Waals surface area contributed by atoms with Gasteiger partial charge in [0, 0.05) is 19.5 Å². The van der Waals surface area contributed by atoms with Crippen molar-refractivity contribution in [2.45, 2.75) is 57.8 Å². The summed E-state index contributed by atoms with van der Waals surface area (Å²) in [7, 11) is 1.94. The van der Waals surface area contributed by atoms with Crippen LogP contribution in [0.25, 0.3) is 0 Å². The average Bonchev–Trinajstić information content (AvgIpc) is 2.41. The van der Waals surface area contributed by atoms with E-state index in [1.807, 2.05) is 7.05 Å². The quantitative estimate of drug-likeness (QED) is 0.780. The number of hydrogen-bond acceptors (Lipinski definition) is 2. The van der Waals surface area contributed by atoms with Gasteiger partial charge in [-0.1, -0.05) is 19.3 Å². The standard InChI is InChI=1S/C15H28N2O/c1-16-11-5-6-14(18)17-12-9-15(10-13-17)7-3-2-4-8-15/h16H,2-13H2,1H3. The van der Waals surface area contributed by atoms with E-state index in [9.17, 15) is 4.79 Å². The molecule has 1 aliphatic heterocycles. The maximum absolute atomic E-state index is 12.0. The highest BCUT2D eigenvalue weighted by Crippen LogP contribution is 2.44. The van der Waals surface area contributed by atoms with Crippen molar-refractivity contribution in [1.29, 1.82) is 0 Å². The minimum absolute atomic E-state index is 0.371. The van der Waals surface area contributed by atoms with Crippen LogP contribution in [0, 0.1) is 5.41 Å². The topological polar surface area (TPSA) is 32.3 Å². The second-order valence-corrected chi connectivity index (χ2v) is 6.15. The highest BCUT2D eigenvalue weighted by atomic mass is 16.2. The first-order valence-electron chi connectivity index (χ1n) is 7.68. The van der Waals surface area contributed by atoms with Crippen LogP contribution < -0.4 is 5.32 Å². The fourth-order valence-corrected chi connectivity index (χ4v) is 3.61. The fourth-order valence-electron chi connectivity index (χ4n) is 3.61. The summed E-state index contributed by atoms with van der Waals surface area (Å²) in [6, 6.07) is 0. The van der Waals surface area contributed by atoms with Crippen LogP contribution >= 0.6 is 0 Å². The van der Waals surface area contributed by atoms with E-state index < -0.39 is 0 Å². The molecule has 1 heterocycles. The number of carbonyl (C=O) groups is 1. The lowest BCUT2D eigenvalue weighted by Gasteiger charge is -2.44. The van der Waals surface area contributed by atoms with Crippen LogP contribution in [0.1, 0.15) is 57.8 Å². The van der Waals surface area contributed by atoms with E-state index in [4.69, 9.17) is 0 Å². The summed E-state index contributed by atoms with van der Waals surface area (Å²) in [6.07, 6.45) is 11.3. The van der Waals surface area contributed by atoms with Crippen LogP contribution in [0.4, 0.5) is 0 Å². The zero-order chi connectivity index (χ0) is 12.8. The van der Waals surface area contributed by atoms with Crippen LogP contribution in [0.3, 0.4) is 0 Å². The van der Waals surface area contributed by atoms with Gasteiger partial charge in [-0.15, -0.1) is 0 Å². The molecular weight excluding hydrogens is 224 g/mol. The third kappa shape index (κ3) is 3.47. The van der Waals surface area contributed by atoms with Gasteiger partial charge in [-0.25, -0.2) is 0 Å². The van der Waals surface area contributed by atoms with E-state index in [2.05, 4.69) is 10.2 Å². The summed E-state index contributed by atoms with van der Waals surface area (Å²) in [4.78, 5) is 14.1. The van der Waals surface area contributed by atoms with E-state index in [0.29, 0.717) is 17.7 Å². The minimum atomic E-state index is 0.371. The van der Waals surface area contributed by atoms with E-state index in [1.165, 1.54) is 44.9 Å². The number of hydrogen-bond donors (Lipinski definition) is 1. The zero-order valence-electron chi connectivity index (χ0n) is 11.8. The first-order chi connectivity index (χ1) is 8.76. The first-order valence-corrected chi connectivity index (χ1v) is 7.68. The average molecular weight is 252 g/mol. The van der Waals surface area contributed by atoms with Crippen molar-refractivity contribution in [3.63, 3.8) is 0 Å². The van der Waals surface area contributed by atoms with Crippen LogP contribution in [-0.4, -0.2) is 37.5 Å². The van der Waals surface area contributed by atoms with Gasteiger partial charge in [0.1, 0.15) is 0 Å². The molecular formula is C15H28N2O. The fraction of sp³-hybridized carbons (Fsp3) is 0.933. The van der Waals surface area contributed by atoms with Crippen LogP contribution in [0.5, 0.6) is 0 Å². The molecule has 0 aromatic rings. The third-order valence-electron chi connectivity index (χ3n) is 4.91. The Morgan fingerprint density at radius 3 is 2.39 bits per heavy atom. The molecule has 18 heavy (non-hydrogen) atoms. The van der Waals surface area contributed by atoms with Crippen molar-refractivity contribution in [3.05, 3.63) is 0 Å². The SMILES string of the molecule is CNCCCC(=O)N1CCC2(CCCCC2)CC1. The number of nitrogens with zero attached hydrogens (tertiary/aromatic N) is 1. The van der Waals surface area contributed by atoms with Gasteiger partial charge in [0.25, 0.3) is 0 Å². The number of rotatable bonds is 4. The van der Waals surface area contributed by atoms with Gasteiger partial charge in [0.05, 0.1) is 0 Å². The molecule has 1 aliphatic carbocycles. The van der Waals surface area contributed by atoms with Gasteiger partial charge in [-0.2, -0.15) is 0 Å². The highest BCUT2D eigenvalue weighted by molar-refractivity contribution is 5.76. The summed E-state index contributed by atoms with van der Waals surface area (Å²) in [6.45, 7) is 2.97. The molecule has 1 N–H and O–H groups in total. The molecule has 1 saturated heterocycles. The van der Waals surface area contributed by atoms with E-state index >= 15 is 0 Å². The first kappa shape index (κ1) is 13.9. The highest BCUT2D eigenvalue weighted by Gasteiger charge is 2.36. The number of piperidine rings is 1. The molecule has 0 bridgehead atoms. The molecule has 2 aliphatic rings. The number of amides is 1. The molecule has 0 aromatic carbocycles. The molecule has 1 saturated carbocycles. The Kier molecular flexibility index (Phi) is 5.04. The molecule has 0 radical (unpaired) electrons. The maximum atomic E-state index is 12.0. The number of likely N-dealkylation sites (tertiary alicyclic amines) is 1. The molecule has 0 unspecified atom stereocenters. The summed E-state index contributed by atoms with van der Waals surface area (Å²) in [5.74, 6) is 0.371. The molecule has 0 aromatic heterocycles. The van der Waals surface area contributed by atoms with E-state index in [1.54, 1.807) is 0 Å². The van der Waals surface area contributed by atoms with Crippen molar-refractivity contribution in [2.24, 2.45) is 5.41 Å². The molecule has 1 amide bonds. The summed E-state index contributed by atoms with van der Waals surface area (Å²) >= 11 is 0. The minimum Gasteiger partial charge on any atom is -0.343 e. The second kappa shape index (κ2) is 6.55. The predicted octanol–water partition coefficient (Wildman–Crippen LogP) is 2.56. The predicted molar refractivity (Wildman–Crippen MR) is 74.5 cm³/mol. The van der Waals surface area contributed by atoms with Gasteiger partial charge in [-0.3, -0.25) is 4.79 Å². The summed E-state index contributed by atoms with van der Waals surface area (Å²) < 4.78 is 0. The Balaban J connectivity index is 1.73. The Morgan fingerprint density at radius 1 is 1.11 bits per heavy atom. The van der Waals surface area contributed by atoms with Crippen molar-refractivity contribution in [2.75, 3.05) is 26.7 Å². The van der Waals surface area contributed by atoms with Crippen LogP contribution in [0.15, 0.2) is 0 Å². The normalized spacial score (nSPS) is 23.3. The smallest absolute Gasteiger partial charge is 0.222 e. The molecule has 0 atom stereocenters. The molecule has 2 rings (SSSR count). The molecule has 2 fully saturated rings. The van der Waals surface area contributed by atoms with Gasteiger partial charge in [0.15, 0.2) is 0 Å². The van der Waals surface area contributed by atoms with Crippen molar-refractivity contribution < 1.29 is 4.79 Å². The second-order valence-electron chi connectivity index (χ2n) is 6.15. The van der Waals surface area contributed by atoms with Crippen LogP contribution in [0.2, 0.25) is 0 Å². The monoisotopic (exact) mass is 252 g/mol. The largest absolute Gasteiger partial charge is 0.343 e.